The van der Waals surface area contributed by atoms with Gasteiger partial charge in [-0.3, -0.25) is 14.5 Å². The minimum Gasteiger partial charge on any atom is -0.368 e. The zero-order chi connectivity index (χ0) is 17.7. The van der Waals surface area contributed by atoms with E-state index in [1.807, 2.05) is 0 Å². The van der Waals surface area contributed by atoms with Crippen molar-refractivity contribution < 1.29 is 14.0 Å². The van der Waals surface area contributed by atoms with Crippen molar-refractivity contribution in [1.29, 1.82) is 0 Å². The molecule has 0 aliphatic heterocycles. The molecule has 0 radical (unpaired) electrons. The second kappa shape index (κ2) is 7.90. The lowest BCUT2D eigenvalue weighted by atomic mass is 10.0. The Morgan fingerprint density at radius 1 is 1.25 bits per heavy atom. The molecule has 2 aromatic carbocycles. The number of benzene rings is 2. The zero-order valence-electron chi connectivity index (χ0n) is 13.0. The molecule has 2 aromatic rings. The van der Waals surface area contributed by atoms with Gasteiger partial charge < -0.3 is 11.1 Å². The van der Waals surface area contributed by atoms with E-state index in [9.17, 15) is 14.0 Å². The van der Waals surface area contributed by atoms with E-state index in [1.165, 1.54) is 23.1 Å². The molecule has 2 rings (SSSR count). The molecule has 5 nitrogen and oxygen atoms in total. The third-order valence-corrected chi connectivity index (χ3v) is 3.61. The number of nitrogens with one attached hydrogen (secondary N) is 1. The number of likely N-dealkylation sites (N-methyl/N-ethyl adjacent to an activating group) is 1. The number of hydrogen-bond donors (Lipinski definition) is 2. The summed E-state index contributed by atoms with van der Waals surface area (Å²) in [5.41, 5.74) is 6.35. The number of primary amides is 1. The van der Waals surface area contributed by atoms with Crippen LogP contribution in [0, 0.1) is 5.82 Å². The van der Waals surface area contributed by atoms with Gasteiger partial charge in [-0.2, -0.15) is 0 Å². The van der Waals surface area contributed by atoms with Crippen molar-refractivity contribution in [3.8, 4) is 0 Å². The maximum absolute atomic E-state index is 13.4. The number of rotatable bonds is 6. The second-order valence-corrected chi connectivity index (χ2v) is 5.77. The Bertz CT molecular complexity index is 754. The van der Waals surface area contributed by atoms with E-state index in [0.29, 0.717) is 16.3 Å². The first-order valence-electron chi connectivity index (χ1n) is 7.17. The number of nitrogens with two attached hydrogens (primary N) is 1. The van der Waals surface area contributed by atoms with E-state index in [2.05, 4.69) is 5.32 Å². The van der Waals surface area contributed by atoms with Crippen LogP contribution < -0.4 is 11.1 Å². The van der Waals surface area contributed by atoms with Gasteiger partial charge >= 0.3 is 0 Å². The fraction of sp³-hybridized carbons (Fsp3) is 0.176. The molecule has 3 N–H and O–H groups in total. The van der Waals surface area contributed by atoms with Crippen LogP contribution in [0.25, 0.3) is 0 Å². The minimum absolute atomic E-state index is 0.101. The summed E-state index contributed by atoms with van der Waals surface area (Å²) in [4.78, 5) is 25.3. The molecule has 0 bridgehead atoms. The molecule has 1 atom stereocenters. The van der Waals surface area contributed by atoms with Crippen LogP contribution in [0.5, 0.6) is 0 Å². The predicted octanol–water partition coefficient (Wildman–Crippen LogP) is 2.58. The van der Waals surface area contributed by atoms with E-state index < -0.39 is 17.8 Å². The lowest BCUT2D eigenvalue weighted by molar-refractivity contribution is -0.124. The first kappa shape index (κ1) is 17.9. The molecule has 0 heterocycles. The summed E-state index contributed by atoms with van der Waals surface area (Å²) in [7, 11) is 1.57. The van der Waals surface area contributed by atoms with Gasteiger partial charge in [0.15, 0.2) is 0 Å². The molecule has 1 unspecified atom stereocenters. The lowest BCUT2D eigenvalue weighted by Crippen LogP contribution is -2.39. The number of halogens is 2. The minimum atomic E-state index is -0.911. The highest BCUT2D eigenvalue weighted by Crippen LogP contribution is 2.20. The summed E-state index contributed by atoms with van der Waals surface area (Å²) in [5.74, 6) is -1.49. The van der Waals surface area contributed by atoms with Crippen molar-refractivity contribution in [3.63, 3.8) is 0 Å². The highest BCUT2D eigenvalue weighted by Gasteiger charge is 2.24. The van der Waals surface area contributed by atoms with Gasteiger partial charge in [-0.15, -0.1) is 0 Å². The van der Waals surface area contributed by atoms with Gasteiger partial charge in [0.2, 0.25) is 11.8 Å². The van der Waals surface area contributed by atoms with Gasteiger partial charge in [0.1, 0.15) is 11.9 Å². The molecule has 7 heteroatoms. The number of nitrogens with zero attached hydrogens (tertiary/aromatic N) is 1. The van der Waals surface area contributed by atoms with Crippen LogP contribution in [0.4, 0.5) is 10.1 Å². The van der Waals surface area contributed by atoms with Crippen molar-refractivity contribution in [2.45, 2.75) is 6.04 Å². The summed E-state index contributed by atoms with van der Waals surface area (Å²) in [6.45, 7) is -0.101. The second-order valence-electron chi connectivity index (χ2n) is 5.33. The van der Waals surface area contributed by atoms with Crippen LogP contribution in [-0.4, -0.2) is 30.3 Å². The van der Waals surface area contributed by atoms with Gasteiger partial charge in [0.05, 0.1) is 6.54 Å². The highest BCUT2D eigenvalue weighted by molar-refractivity contribution is 6.30. The Hall–Kier alpha value is -2.44. The van der Waals surface area contributed by atoms with Crippen LogP contribution in [0.3, 0.4) is 0 Å². The quantitative estimate of drug-likeness (QED) is 0.841. The molecule has 126 valence electrons. The Balaban J connectivity index is 2.09. The summed E-state index contributed by atoms with van der Waals surface area (Å²) < 4.78 is 13.4. The van der Waals surface area contributed by atoms with Crippen molar-refractivity contribution in [3.05, 3.63) is 64.9 Å². The molecular weight excluding hydrogens is 333 g/mol. The van der Waals surface area contributed by atoms with Crippen molar-refractivity contribution in [2.24, 2.45) is 5.73 Å². The molecule has 0 saturated heterocycles. The Kier molecular flexibility index (Phi) is 5.89. The smallest absolute Gasteiger partial charge is 0.239 e. The maximum atomic E-state index is 13.4. The van der Waals surface area contributed by atoms with E-state index in [0.717, 1.165) is 0 Å². The number of amides is 2. The Morgan fingerprint density at radius 3 is 2.58 bits per heavy atom. The number of anilines is 1. The third-order valence-electron chi connectivity index (χ3n) is 3.38. The van der Waals surface area contributed by atoms with Crippen molar-refractivity contribution >= 4 is 29.1 Å². The highest BCUT2D eigenvalue weighted by atomic mass is 35.5. The lowest BCUT2D eigenvalue weighted by Gasteiger charge is -2.25. The number of carbonyl (C=O) groups is 2. The molecule has 0 aliphatic carbocycles. The predicted molar refractivity (Wildman–Crippen MR) is 91.0 cm³/mol. The normalized spacial score (nSPS) is 12.0. The molecular formula is C17H17ClFN3O2. The molecule has 2 amide bonds. The summed E-state index contributed by atoms with van der Waals surface area (Å²) >= 11 is 5.86. The summed E-state index contributed by atoms with van der Waals surface area (Å²) in [5, 5.41) is 3.18. The SMILES string of the molecule is CN(CC(=O)Nc1cccc(Cl)c1)C(C(N)=O)c1cccc(F)c1. The van der Waals surface area contributed by atoms with E-state index >= 15 is 0 Å². The van der Waals surface area contributed by atoms with Crippen LogP contribution in [-0.2, 0) is 9.59 Å². The average molecular weight is 350 g/mol. The van der Waals surface area contributed by atoms with E-state index in [-0.39, 0.29) is 12.5 Å². The van der Waals surface area contributed by atoms with Crippen molar-refractivity contribution in [2.75, 3.05) is 18.9 Å². The third kappa shape index (κ3) is 4.78. The fourth-order valence-corrected chi connectivity index (χ4v) is 2.59. The Labute approximate surface area is 144 Å². The fourth-order valence-electron chi connectivity index (χ4n) is 2.40. The largest absolute Gasteiger partial charge is 0.368 e. The van der Waals surface area contributed by atoms with Crippen LogP contribution in [0.1, 0.15) is 11.6 Å². The van der Waals surface area contributed by atoms with Gasteiger partial charge in [0.25, 0.3) is 0 Å². The van der Waals surface area contributed by atoms with Crippen LogP contribution in [0.2, 0.25) is 5.02 Å². The molecule has 0 fully saturated rings. The standard InChI is InChI=1S/C17H17ClFN3O2/c1-22(10-15(23)21-14-7-3-5-12(18)9-14)16(17(20)24)11-4-2-6-13(19)8-11/h2-9,16H,10H2,1H3,(H2,20,24)(H,21,23). The number of hydrogen-bond acceptors (Lipinski definition) is 3. The molecule has 0 spiro atoms. The molecule has 0 aromatic heterocycles. The van der Waals surface area contributed by atoms with Crippen LogP contribution >= 0.6 is 11.6 Å². The number of carbonyl (C=O) groups excluding carboxylic acids is 2. The van der Waals surface area contributed by atoms with Gasteiger partial charge in [0, 0.05) is 10.7 Å². The van der Waals surface area contributed by atoms with Gasteiger partial charge in [-0.05, 0) is 42.9 Å². The zero-order valence-corrected chi connectivity index (χ0v) is 13.8. The first-order valence-corrected chi connectivity index (χ1v) is 7.55. The monoisotopic (exact) mass is 349 g/mol. The van der Waals surface area contributed by atoms with Crippen LogP contribution in [0.15, 0.2) is 48.5 Å². The summed E-state index contributed by atoms with van der Waals surface area (Å²) in [6, 6.07) is 11.4. The molecule has 0 aliphatic rings. The van der Waals surface area contributed by atoms with E-state index in [1.54, 1.807) is 37.4 Å². The summed E-state index contributed by atoms with van der Waals surface area (Å²) in [6.07, 6.45) is 0. The van der Waals surface area contributed by atoms with Crippen molar-refractivity contribution in [1.82, 2.24) is 4.90 Å². The van der Waals surface area contributed by atoms with Gasteiger partial charge in [-0.1, -0.05) is 29.8 Å². The first-order chi connectivity index (χ1) is 11.4. The maximum Gasteiger partial charge on any atom is 0.239 e. The molecule has 24 heavy (non-hydrogen) atoms. The average Bonchev–Trinajstić information content (AvgIpc) is 2.46. The topological polar surface area (TPSA) is 75.4 Å². The van der Waals surface area contributed by atoms with E-state index in [4.69, 9.17) is 17.3 Å². The van der Waals surface area contributed by atoms with Gasteiger partial charge in [-0.25, -0.2) is 4.39 Å². The molecule has 0 saturated carbocycles. The Morgan fingerprint density at radius 2 is 1.96 bits per heavy atom.